The molecular formula is C18H18F3N5O. The van der Waals surface area contributed by atoms with E-state index in [1.54, 1.807) is 18.3 Å². The molecule has 4 rings (SSSR count). The molecule has 1 saturated heterocycles. The highest BCUT2D eigenvalue weighted by Gasteiger charge is 2.36. The van der Waals surface area contributed by atoms with Crippen LogP contribution in [0, 0.1) is 0 Å². The maximum Gasteiger partial charge on any atom is 0.423 e. The molecule has 3 heterocycles. The van der Waals surface area contributed by atoms with Crippen molar-refractivity contribution in [2.75, 3.05) is 18.4 Å². The lowest BCUT2D eigenvalue weighted by Crippen LogP contribution is -2.38. The van der Waals surface area contributed by atoms with Crippen LogP contribution in [0.25, 0.3) is 10.9 Å². The second-order valence-electron chi connectivity index (χ2n) is 6.40. The van der Waals surface area contributed by atoms with Crippen molar-refractivity contribution in [3.05, 3.63) is 42.2 Å². The van der Waals surface area contributed by atoms with E-state index in [1.165, 1.54) is 0 Å². The molecule has 0 spiro atoms. The average molecular weight is 377 g/mol. The molecule has 0 saturated carbocycles. The predicted molar refractivity (Wildman–Crippen MR) is 94.9 cm³/mol. The summed E-state index contributed by atoms with van der Waals surface area (Å²) in [4.78, 5) is 10.8. The average Bonchev–Trinajstić information content (AvgIpc) is 3.12. The van der Waals surface area contributed by atoms with Crippen molar-refractivity contribution in [2.24, 2.45) is 0 Å². The van der Waals surface area contributed by atoms with E-state index in [9.17, 15) is 13.2 Å². The molecule has 3 N–H and O–H groups in total. The van der Waals surface area contributed by atoms with Crippen molar-refractivity contribution in [3.8, 4) is 11.6 Å². The van der Waals surface area contributed by atoms with Gasteiger partial charge < -0.3 is 20.4 Å². The first kappa shape index (κ1) is 17.6. The fourth-order valence-corrected chi connectivity index (χ4v) is 3.11. The van der Waals surface area contributed by atoms with Crippen molar-refractivity contribution in [1.29, 1.82) is 0 Å². The maximum absolute atomic E-state index is 13.4. The van der Waals surface area contributed by atoms with E-state index in [-0.39, 0.29) is 17.7 Å². The maximum atomic E-state index is 13.4. The molecule has 1 aliphatic rings. The Hall–Kier alpha value is -2.81. The first-order chi connectivity index (χ1) is 13.0. The minimum atomic E-state index is -4.62. The minimum absolute atomic E-state index is 0.0650. The van der Waals surface area contributed by atoms with E-state index in [1.807, 2.05) is 12.1 Å². The van der Waals surface area contributed by atoms with Gasteiger partial charge in [-0.25, -0.2) is 4.98 Å². The molecule has 0 bridgehead atoms. The molecule has 0 amide bonds. The topological polar surface area (TPSA) is 74.9 Å². The number of fused-ring (bicyclic) bond motifs is 1. The van der Waals surface area contributed by atoms with Gasteiger partial charge in [-0.15, -0.1) is 0 Å². The molecule has 27 heavy (non-hydrogen) atoms. The van der Waals surface area contributed by atoms with Gasteiger partial charge in [0, 0.05) is 30.4 Å². The van der Waals surface area contributed by atoms with Gasteiger partial charge in [-0.3, -0.25) is 0 Å². The SMILES string of the molecule is FC(F)(F)c1cnc(N[C@H]2CCCNC2)nc1Oc1cccc2cc[nH]c12. The van der Waals surface area contributed by atoms with Crippen LogP contribution in [0.1, 0.15) is 18.4 Å². The summed E-state index contributed by atoms with van der Waals surface area (Å²) in [6.07, 6.45) is -0.281. The van der Waals surface area contributed by atoms with Gasteiger partial charge in [-0.05, 0) is 31.5 Å². The standard InChI is InChI=1S/C18H18F3N5O/c19-18(20,21)13-10-24-17(25-12-4-2-7-22-9-12)26-16(13)27-14-5-1-3-11-6-8-23-15(11)14/h1,3,5-6,8,10,12,22-23H,2,4,7,9H2,(H,24,25,26)/t12-/m0/s1. The third-order valence-corrected chi connectivity index (χ3v) is 4.44. The number of aromatic nitrogens is 3. The summed E-state index contributed by atoms with van der Waals surface area (Å²) >= 11 is 0. The quantitative estimate of drug-likeness (QED) is 0.642. The number of benzene rings is 1. The number of hydrogen-bond donors (Lipinski definition) is 3. The zero-order chi connectivity index (χ0) is 18.9. The molecule has 6 nitrogen and oxygen atoms in total. The summed E-state index contributed by atoms with van der Waals surface area (Å²) in [5.41, 5.74) is -0.409. The number of aromatic amines is 1. The number of rotatable bonds is 4. The van der Waals surface area contributed by atoms with Crippen LogP contribution >= 0.6 is 0 Å². The van der Waals surface area contributed by atoms with Crippen LogP contribution in [0.2, 0.25) is 0 Å². The largest absolute Gasteiger partial charge is 0.436 e. The molecular weight excluding hydrogens is 359 g/mol. The summed E-state index contributed by atoms with van der Waals surface area (Å²) < 4.78 is 45.8. The fourth-order valence-electron chi connectivity index (χ4n) is 3.11. The predicted octanol–water partition coefficient (Wildman–Crippen LogP) is 3.93. The second kappa shape index (κ2) is 7.07. The Morgan fingerprint density at radius 1 is 1.22 bits per heavy atom. The van der Waals surface area contributed by atoms with Gasteiger partial charge in [0.05, 0.1) is 5.52 Å². The smallest absolute Gasteiger partial charge is 0.423 e. The summed E-state index contributed by atoms with van der Waals surface area (Å²) in [5.74, 6) is -0.136. The normalized spacial score (nSPS) is 17.8. The van der Waals surface area contributed by atoms with Crippen molar-refractivity contribution >= 4 is 16.9 Å². The fraction of sp³-hybridized carbons (Fsp3) is 0.333. The van der Waals surface area contributed by atoms with Crippen molar-refractivity contribution in [3.63, 3.8) is 0 Å². The van der Waals surface area contributed by atoms with Gasteiger partial charge in [0.25, 0.3) is 0 Å². The second-order valence-corrected chi connectivity index (χ2v) is 6.40. The van der Waals surface area contributed by atoms with Crippen molar-refractivity contribution < 1.29 is 17.9 Å². The molecule has 142 valence electrons. The zero-order valence-corrected chi connectivity index (χ0v) is 14.3. The van der Waals surface area contributed by atoms with E-state index in [0.29, 0.717) is 12.1 Å². The van der Waals surface area contributed by atoms with Gasteiger partial charge in [-0.2, -0.15) is 18.2 Å². The van der Waals surface area contributed by atoms with Gasteiger partial charge in [0.1, 0.15) is 5.56 Å². The van der Waals surface area contributed by atoms with Crippen molar-refractivity contribution in [1.82, 2.24) is 20.3 Å². The van der Waals surface area contributed by atoms with Crippen LogP contribution in [-0.2, 0) is 6.18 Å². The Balaban J connectivity index is 1.67. The number of nitrogens with one attached hydrogen (secondary N) is 3. The Bertz CT molecular complexity index is 934. The summed E-state index contributed by atoms with van der Waals surface area (Å²) in [5, 5.41) is 7.14. The lowest BCUT2D eigenvalue weighted by molar-refractivity contribution is -0.139. The first-order valence-electron chi connectivity index (χ1n) is 8.66. The van der Waals surface area contributed by atoms with Crippen LogP contribution < -0.4 is 15.4 Å². The molecule has 0 aliphatic carbocycles. The number of nitrogens with zero attached hydrogens (tertiary/aromatic N) is 2. The Kier molecular flexibility index (Phi) is 4.61. The van der Waals surface area contributed by atoms with E-state index >= 15 is 0 Å². The number of halogens is 3. The van der Waals surface area contributed by atoms with E-state index in [2.05, 4.69) is 25.6 Å². The van der Waals surface area contributed by atoms with Crippen LogP contribution in [0.15, 0.2) is 36.7 Å². The van der Waals surface area contributed by atoms with Gasteiger partial charge in [-0.1, -0.05) is 12.1 Å². The monoisotopic (exact) mass is 377 g/mol. The molecule has 0 radical (unpaired) electrons. The summed E-state index contributed by atoms with van der Waals surface area (Å²) in [6, 6.07) is 7.03. The highest BCUT2D eigenvalue weighted by atomic mass is 19.4. The Morgan fingerprint density at radius 3 is 2.89 bits per heavy atom. The Labute approximate surface area is 153 Å². The molecule has 9 heteroatoms. The third-order valence-electron chi connectivity index (χ3n) is 4.44. The van der Waals surface area contributed by atoms with E-state index in [4.69, 9.17) is 4.74 Å². The highest BCUT2D eigenvalue weighted by Crippen LogP contribution is 2.38. The van der Waals surface area contributed by atoms with Crippen LogP contribution in [-0.4, -0.2) is 34.1 Å². The van der Waals surface area contributed by atoms with Crippen molar-refractivity contribution in [2.45, 2.75) is 25.1 Å². The number of anilines is 1. The molecule has 1 aliphatic heterocycles. The lowest BCUT2D eigenvalue weighted by atomic mass is 10.1. The summed E-state index contributed by atoms with van der Waals surface area (Å²) in [7, 11) is 0. The van der Waals surface area contributed by atoms with Crippen LogP contribution in [0.3, 0.4) is 0 Å². The minimum Gasteiger partial charge on any atom is -0.436 e. The van der Waals surface area contributed by atoms with Gasteiger partial charge in [0.2, 0.25) is 11.8 Å². The number of hydrogen-bond acceptors (Lipinski definition) is 5. The highest BCUT2D eigenvalue weighted by molar-refractivity contribution is 5.85. The molecule has 1 fully saturated rings. The number of H-pyrrole nitrogens is 1. The zero-order valence-electron chi connectivity index (χ0n) is 14.3. The Morgan fingerprint density at radius 2 is 2.11 bits per heavy atom. The molecule has 1 aromatic carbocycles. The number of para-hydroxylation sites is 1. The van der Waals surface area contributed by atoms with Gasteiger partial charge >= 0.3 is 6.18 Å². The molecule has 1 atom stereocenters. The van der Waals surface area contributed by atoms with Crippen LogP contribution in [0.5, 0.6) is 11.6 Å². The number of alkyl halides is 3. The number of ether oxygens (including phenoxy) is 1. The van der Waals surface area contributed by atoms with E-state index < -0.39 is 17.6 Å². The number of piperidine rings is 1. The van der Waals surface area contributed by atoms with Crippen LogP contribution in [0.4, 0.5) is 19.1 Å². The van der Waals surface area contributed by atoms with Gasteiger partial charge in [0.15, 0.2) is 5.75 Å². The molecule has 3 aromatic rings. The third kappa shape index (κ3) is 3.82. The molecule has 2 aromatic heterocycles. The molecule has 0 unspecified atom stereocenters. The first-order valence-corrected chi connectivity index (χ1v) is 8.66. The summed E-state index contributed by atoms with van der Waals surface area (Å²) in [6.45, 7) is 1.64. The van der Waals surface area contributed by atoms with E-state index in [0.717, 1.165) is 31.0 Å². The lowest BCUT2D eigenvalue weighted by Gasteiger charge is -2.24.